The average molecular weight is 426 g/mol. The smallest absolute Gasteiger partial charge is 0.126 e. The van der Waals surface area contributed by atoms with Gasteiger partial charge in [-0.15, -0.1) is 0 Å². The zero-order chi connectivity index (χ0) is 21.2. The van der Waals surface area contributed by atoms with Gasteiger partial charge in [0.25, 0.3) is 0 Å². The number of nitrogens with zero attached hydrogens (tertiary/aromatic N) is 2. The quantitative estimate of drug-likeness (QED) is 0.544. The molecule has 2 fully saturated rings. The van der Waals surface area contributed by atoms with Crippen molar-refractivity contribution in [2.24, 2.45) is 0 Å². The fraction of sp³-hybridized carbons (Fsp3) is 0.520. The number of methoxy groups -OCH3 is 1. The van der Waals surface area contributed by atoms with Crippen molar-refractivity contribution in [3.05, 3.63) is 34.9 Å². The SMILES string of the molecule is COc1c(C)c(C)c2c(c1C)Sc1cc(N3C[C@H]4CC[C@@H](C3)N4C(C)C)ccc1N2.[HH]. The maximum Gasteiger partial charge on any atom is 0.126 e. The van der Waals surface area contributed by atoms with Gasteiger partial charge in [0.05, 0.1) is 18.5 Å². The van der Waals surface area contributed by atoms with Crippen molar-refractivity contribution >= 4 is 28.8 Å². The lowest BCUT2D eigenvalue weighted by atomic mass is 10.0. The first kappa shape index (κ1) is 20.1. The highest BCUT2D eigenvalue weighted by molar-refractivity contribution is 7.99. The maximum absolute atomic E-state index is 5.74. The first-order valence-corrected chi connectivity index (χ1v) is 12.0. The van der Waals surface area contributed by atoms with E-state index in [4.69, 9.17) is 4.74 Å². The van der Waals surface area contributed by atoms with Crippen LogP contribution in [0.2, 0.25) is 0 Å². The zero-order valence-electron chi connectivity index (χ0n) is 19.0. The highest BCUT2D eigenvalue weighted by atomic mass is 32.2. The number of anilines is 3. The van der Waals surface area contributed by atoms with E-state index in [2.05, 4.69) is 67.9 Å². The van der Waals surface area contributed by atoms with Crippen molar-refractivity contribution in [2.75, 3.05) is 30.4 Å². The van der Waals surface area contributed by atoms with E-state index >= 15 is 0 Å². The summed E-state index contributed by atoms with van der Waals surface area (Å²) in [6.07, 6.45) is 2.68. The van der Waals surface area contributed by atoms with Gasteiger partial charge in [0.15, 0.2) is 0 Å². The van der Waals surface area contributed by atoms with Crippen molar-refractivity contribution in [3.8, 4) is 5.75 Å². The second-order valence-corrected chi connectivity index (χ2v) is 10.4. The van der Waals surface area contributed by atoms with E-state index in [0.29, 0.717) is 18.1 Å². The molecule has 3 aliphatic rings. The number of hydrogen-bond donors (Lipinski definition) is 1. The molecule has 3 heterocycles. The molecule has 0 amide bonds. The van der Waals surface area contributed by atoms with Crippen LogP contribution in [0.1, 0.15) is 44.8 Å². The van der Waals surface area contributed by atoms with Gasteiger partial charge >= 0.3 is 0 Å². The van der Waals surface area contributed by atoms with Crippen molar-refractivity contribution < 1.29 is 6.16 Å². The molecule has 2 aromatic carbocycles. The minimum atomic E-state index is 0. The van der Waals surface area contributed by atoms with Crippen LogP contribution >= 0.6 is 11.8 Å². The van der Waals surface area contributed by atoms with E-state index in [-0.39, 0.29) is 1.43 Å². The average Bonchev–Trinajstić information content (AvgIpc) is 3.01. The van der Waals surface area contributed by atoms with Gasteiger partial charge in [-0.3, -0.25) is 4.90 Å². The molecule has 5 rings (SSSR count). The van der Waals surface area contributed by atoms with Gasteiger partial charge < -0.3 is 15.0 Å². The molecule has 0 aromatic heterocycles. The third-order valence-electron chi connectivity index (χ3n) is 7.33. The van der Waals surface area contributed by atoms with Gasteiger partial charge in [-0.2, -0.15) is 0 Å². The van der Waals surface area contributed by atoms with Gasteiger partial charge in [-0.1, -0.05) is 11.8 Å². The molecule has 0 spiro atoms. The molecule has 2 saturated heterocycles. The summed E-state index contributed by atoms with van der Waals surface area (Å²) >= 11 is 1.88. The summed E-state index contributed by atoms with van der Waals surface area (Å²) in [5, 5.41) is 3.72. The molecule has 0 saturated carbocycles. The summed E-state index contributed by atoms with van der Waals surface area (Å²) < 4.78 is 5.74. The maximum atomic E-state index is 5.74. The van der Waals surface area contributed by atoms with E-state index in [1.165, 1.54) is 56.4 Å². The second-order valence-electron chi connectivity index (χ2n) is 9.35. The van der Waals surface area contributed by atoms with Crippen molar-refractivity contribution in [1.29, 1.82) is 0 Å². The van der Waals surface area contributed by atoms with E-state index in [0.717, 1.165) is 18.8 Å². The third kappa shape index (κ3) is 3.01. The van der Waals surface area contributed by atoms with Crippen LogP contribution in [-0.4, -0.2) is 43.2 Å². The molecule has 0 unspecified atom stereocenters. The molecule has 0 aliphatic carbocycles. The lowest BCUT2D eigenvalue weighted by molar-refractivity contribution is 0.129. The number of piperazine rings is 1. The van der Waals surface area contributed by atoms with Crippen molar-refractivity contribution in [2.45, 2.75) is 75.4 Å². The number of fused-ring (bicyclic) bond motifs is 4. The molecule has 5 heteroatoms. The Labute approximate surface area is 186 Å². The molecule has 30 heavy (non-hydrogen) atoms. The number of ether oxygens (including phenoxy) is 1. The van der Waals surface area contributed by atoms with Crippen LogP contribution < -0.4 is 15.0 Å². The molecule has 2 atom stereocenters. The fourth-order valence-corrected chi connectivity index (χ4v) is 6.99. The number of benzene rings is 2. The molecule has 0 radical (unpaired) electrons. The molecule has 2 bridgehead atoms. The molecule has 162 valence electrons. The number of nitrogens with one attached hydrogen (secondary N) is 1. The van der Waals surface area contributed by atoms with Crippen LogP contribution in [0.3, 0.4) is 0 Å². The number of hydrogen-bond acceptors (Lipinski definition) is 5. The number of rotatable bonds is 3. The Kier molecular flexibility index (Phi) is 4.94. The molecule has 1 N–H and O–H groups in total. The van der Waals surface area contributed by atoms with Gasteiger partial charge in [0, 0.05) is 53.7 Å². The molecule has 4 nitrogen and oxygen atoms in total. The van der Waals surface area contributed by atoms with Gasteiger partial charge in [-0.25, -0.2) is 0 Å². The minimum absolute atomic E-state index is 0. The van der Waals surface area contributed by atoms with Crippen LogP contribution in [0, 0.1) is 20.8 Å². The molecule has 3 aliphatic heterocycles. The summed E-state index contributed by atoms with van der Waals surface area (Å²) in [6, 6.07) is 9.01. The highest BCUT2D eigenvalue weighted by Crippen LogP contribution is 2.51. The summed E-state index contributed by atoms with van der Waals surface area (Å²) in [7, 11) is 1.78. The first-order chi connectivity index (χ1) is 14.4. The minimum Gasteiger partial charge on any atom is -0.496 e. The third-order valence-corrected chi connectivity index (χ3v) is 8.60. The summed E-state index contributed by atoms with van der Waals surface area (Å²) in [5.74, 6) is 1.02. The highest BCUT2D eigenvalue weighted by Gasteiger charge is 2.41. The Morgan fingerprint density at radius 2 is 1.77 bits per heavy atom. The predicted molar refractivity (Wildman–Crippen MR) is 129 cm³/mol. The first-order valence-electron chi connectivity index (χ1n) is 11.2. The lowest BCUT2D eigenvalue weighted by Crippen LogP contribution is -2.56. The Balaban J connectivity index is 0.00000231. The van der Waals surface area contributed by atoms with Crippen LogP contribution in [0.25, 0.3) is 0 Å². The standard InChI is InChI=1S/C25H33N3OS.H2/c1-14(2)28-19-7-8-20(28)13-27(12-19)18-9-10-21-22(11-18)30-25-17(5)24(29-6)16(4)15(3)23(25)26-21;/h9-11,14,19-20,26H,7-8,12-13H2,1-6H3;1H/t19-,20+;. The Morgan fingerprint density at radius 1 is 1.07 bits per heavy atom. The van der Waals surface area contributed by atoms with Crippen molar-refractivity contribution in [3.63, 3.8) is 0 Å². The second kappa shape index (κ2) is 7.38. The topological polar surface area (TPSA) is 27.7 Å². The van der Waals surface area contributed by atoms with E-state index in [1.54, 1.807) is 7.11 Å². The van der Waals surface area contributed by atoms with E-state index in [9.17, 15) is 0 Å². The van der Waals surface area contributed by atoms with E-state index < -0.39 is 0 Å². The Hall–Kier alpha value is -1.85. The van der Waals surface area contributed by atoms with Gasteiger partial charge in [0.2, 0.25) is 0 Å². The van der Waals surface area contributed by atoms with Crippen LogP contribution in [0.4, 0.5) is 17.1 Å². The van der Waals surface area contributed by atoms with Crippen molar-refractivity contribution in [1.82, 2.24) is 4.90 Å². The normalized spacial score (nSPS) is 22.7. The Bertz CT molecular complexity index is 995. The Morgan fingerprint density at radius 3 is 2.40 bits per heavy atom. The van der Waals surface area contributed by atoms with Gasteiger partial charge in [-0.05, 0) is 76.8 Å². The summed E-state index contributed by atoms with van der Waals surface area (Å²) in [6.45, 7) is 13.5. The zero-order valence-corrected chi connectivity index (χ0v) is 19.8. The van der Waals surface area contributed by atoms with E-state index in [1.807, 2.05) is 11.8 Å². The molecule has 2 aromatic rings. The van der Waals surface area contributed by atoms with Crippen LogP contribution in [-0.2, 0) is 0 Å². The molecular formula is C25H35N3OS. The monoisotopic (exact) mass is 425 g/mol. The molecular weight excluding hydrogens is 390 g/mol. The van der Waals surface area contributed by atoms with Crippen LogP contribution in [0.5, 0.6) is 5.75 Å². The lowest BCUT2D eigenvalue weighted by Gasteiger charge is -2.44. The fourth-order valence-electron chi connectivity index (χ4n) is 5.81. The van der Waals surface area contributed by atoms with Crippen LogP contribution in [0.15, 0.2) is 28.0 Å². The summed E-state index contributed by atoms with van der Waals surface area (Å²) in [5.41, 5.74) is 7.54. The largest absolute Gasteiger partial charge is 0.496 e. The summed E-state index contributed by atoms with van der Waals surface area (Å²) in [4.78, 5) is 7.98. The van der Waals surface area contributed by atoms with Gasteiger partial charge in [0.1, 0.15) is 5.75 Å². The predicted octanol–water partition coefficient (Wildman–Crippen LogP) is 6.14.